The van der Waals surface area contributed by atoms with Crippen LogP contribution in [0, 0.1) is 6.92 Å². The van der Waals surface area contributed by atoms with Gasteiger partial charge in [0, 0.05) is 7.05 Å². The number of thiophene rings is 1. The van der Waals surface area contributed by atoms with E-state index >= 15 is 0 Å². The van der Waals surface area contributed by atoms with E-state index in [-0.39, 0.29) is 5.91 Å². The van der Waals surface area contributed by atoms with Crippen LogP contribution in [0.3, 0.4) is 0 Å². The maximum Gasteiger partial charge on any atom is 0.252 e. The maximum atomic E-state index is 12.8. The maximum absolute atomic E-state index is 12.8. The van der Waals surface area contributed by atoms with Crippen LogP contribution in [0.4, 0.5) is 0 Å². The lowest BCUT2D eigenvalue weighted by Crippen LogP contribution is -2.23. The number of aromatic nitrogens is 3. The molecule has 0 saturated carbocycles. The predicted octanol–water partition coefficient (Wildman–Crippen LogP) is 3.53. The van der Waals surface area contributed by atoms with Crippen molar-refractivity contribution in [1.29, 1.82) is 0 Å². The summed E-state index contributed by atoms with van der Waals surface area (Å²) in [7, 11) is 1.84. The second-order valence-corrected chi connectivity index (χ2v) is 6.65. The Labute approximate surface area is 148 Å². The first-order valence-electron chi connectivity index (χ1n) is 7.82. The molecule has 4 aromatic heterocycles. The minimum absolute atomic E-state index is 0.169. The highest BCUT2D eigenvalue weighted by Gasteiger charge is 2.19. The first kappa shape index (κ1) is 15.6. The fourth-order valence-electron chi connectivity index (χ4n) is 2.85. The van der Waals surface area contributed by atoms with Crippen LogP contribution in [0.1, 0.15) is 21.8 Å². The van der Waals surface area contributed by atoms with Crippen molar-refractivity contribution in [3.8, 4) is 10.6 Å². The predicted molar refractivity (Wildman–Crippen MR) is 96.4 cm³/mol. The van der Waals surface area contributed by atoms with Gasteiger partial charge in [0.05, 0.1) is 40.0 Å². The lowest BCUT2D eigenvalue weighted by molar-refractivity contribution is 0.0949. The van der Waals surface area contributed by atoms with Crippen LogP contribution in [0.25, 0.3) is 21.6 Å². The van der Waals surface area contributed by atoms with Crippen LogP contribution in [0.2, 0.25) is 0 Å². The van der Waals surface area contributed by atoms with Gasteiger partial charge >= 0.3 is 0 Å². The average Bonchev–Trinajstić information content (AvgIpc) is 3.35. The van der Waals surface area contributed by atoms with Crippen molar-refractivity contribution >= 4 is 28.3 Å². The summed E-state index contributed by atoms with van der Waals surface area (Å²) in [6.45, 7) is 2.22. The molecule has 0 aliphatic carbocycles. The molecule has 4 aromatic rings. The molecular formula is C18H16N4O2S. The van der Waals surface area contributed by atoms with E-state index in [1.807, 2.05) is 43.6 Å². The molecule has 0 radical (unpaired) electrons. The van der Waals surface area contributed by atoms with E-state index in [1.54, 1.807) is 28.3 Å². The summed E-state index contributed by atoms with van der Waals surface area (Å²) in [5.74, 6) is 0.540. The summed E-state index contributed by atoms with van der Waals surface area (Å²) >= 11 is 1.59. The molecule has 0 aromatic carbocycles. The van der Waals surface area contributed by atoms with Crippen molar-refractivity contribution in [3.05, 3.63) is 59.0 Å². The number of hydrogen-bond acceptors (Lipinski definition) is 5. The van der Waals surface area contributed by atoms with Crippen LogP contribution < -0.4 is 5.32 Å². The zero-order valence-corrected chi connectivity index (χ0v) is 14.6. The van der Waals surface area contributed by atoms with Gasteiger partial charge in [-0.2, -0.15) is 5.10 Å². The molecule has 0 spiro atoms. The summed E-state index contributed by atoms with van der Waals surface area (Å²) in [5.41, 5.74) is 2.83. The van der Waals surface area contributed by atoms with Crippen molar-refractivity contribution in [3.63, 3.8) is 0 Å². The lowest BCUT2D eigenvalue weighted by atomic mass is 10.1. The Hall–Kier alpha value is -2.93. The minimum Gasteiger partial charge on any atom is -0.467 e. The Balaban J connectivity index is 1.79. The molecule has 0 unspecified atom stereocenters. The van der Waals surface area contributed by atoms with E-state index < -0.39 is 0 Å². The monoisotopic (exact) mass is 352 g/mol. The number of pyridine rings is 1. The van der Waals surface area contributed by atoms with Gasteiger partial charge in [0.25, 0.3) is 5.91 Å². The third kappa shape index (κ3) is 2.83. The van der Waals surface area contributed by atoms with Gasteiger partial charge in [-0.25, -0.2) is 4.98 Å². The number of amides is 1. The second kappa shape index (κ2) is 6.18. The zero-order valence-electron chi connectivity index (χ0n) is 13.8. The quantitative estimate of drug-likeness (QED) is 0.610. The molecule has 0 atom stereocenters. The fourth-order valence-corrected chi connectivity index (χ4v) is 3.54. The third-order valence-electron chi connectivity index (χ3n) is 3.99. The van der Waals surface area contributed by atoms with Crippen molar-refractivity contribution < 1.29 is 9.21 Å². The number of rotatable bonds is 4. The number of nitrogens with one attached hydrogen (secondary N) is 1. The molecule has 0 aliphatic rings. The molecule has 6 nitrogen and oxygen atoms in total. The van der Waals surface area contributed by atoms with E-state index in [0.29, 0.717) is 23.5 Å². The van der Waals surface area contributed by atoms with Crippen LogP contribution in [-0.4, -0.2) is 20.7 Å². The molecule has 0 fully saturated rings. The first-order chi connectivity index (χ1) is 12.1. The Morgan fingerprint density at radius 2 is 2.24 bits per heavy atom. The van der Waals surface area contributed by atoms with Crippen molar-refractivity contribution in [2.45, 2.75) is 13.5 Å². The highest BCUT2D eigenvalue weighted by atomic mass is 32.1. The minimum atomic E-state index is -0.169. The number of nitrogens with zero attached hydrogens (tertiary/aromatic N) is 3. The number of carbonyl (C=O) groups is 1. The molecule has 0 aliphatic heterocycles. The SMILES string of the molecule is Cc1nn(C)c2nc(-c3cccs3)cc(C(=O)NCc3ccco3)c12. The van der Waals surface area contributed by atoms with Gasteiger partial charge in [0.2, 0.25) is 0 Å². The Bertz CT molecular complexity index is 1030. The van der Waals surface area contributed by atoms with E-state index in [2.05, 4.69) is 10.4 Å². The molecule has 4 rings (SSSR count). The van der Waals surface area contributed by atoms with Crippen molar-refractivity contribution in [2.75, 3.05) is 0 Å². The fraction of sp³-hybridized carbons (Fsp3) is 0.167. The van der Waals surface area contributed by atoms with Gasteiger partial charge in [-0.15, -0.1) is 11.3 Å². The number of fused-ring (bicyclic) bond motifs is 1. The van der Waals surface area contributed by atoms with Crippen molar-refractivity contribution in [2.24, 2.45) is 7.05 Å². The largest absolute Gasteiger partial charge is 0.467 e. The standard InChI is InChI=1S/C18H16N4O2S/c1-11-16-13(18(23)19-10-12-5-3-7-24-12)9-14(15-6-4-8-25-15)20-17(16)22(2)21-11/h3-9H,10H2,1-2H3,(H,19,23). The van der Waals surface area contributed by atoms with Gasteiger partial charge in [-0.05, 0) is 36.6 Å². The summed E-state index contributed by atoms with van der Waals surface area (Å²) in [6, 6.07) is 9.42. The summed E-state index contributed by atoms with van der Waals surface area (Å²) in [5, 5.41) is 10.1. The number of carbonyl (C=O) groups excluding carboxylic acids is 1. The van der Waals surface area contributed by atoms with Crippen LogP contribution in [0.15, 0.2) is 46.4 Å². The topological polar surface area (TPSA) is 73.0 Å². The molecule has 0 bridgehead atoms. The van der Waals surface area contributed by atoms with E-state index in [0.717, 1.165) is 21.7 Å². The summed E-state index contributed by atoms with van der Waals surface area (Å²) in [4.78, 5) is 18.5. The summed E-state index contributed by atoms with van der Waals surface area (Å²) in [6.07, 6.45) is 1.59. The Morgan fingerprint density at radius 3 is 2.96 bits per heavy atom. The smallest absolute Gasteiger partial charge is 0.252 e. The lowest BCUT2D eigenvalue weighted by Gasteiger charge is -2.08. The molecule has 126 valence electrons. The Kier molecular flexibility index (Phi) is 3.85. The van der Waals surface area contributed by atoms with Crippen LogP contribution >= 0.6 is 11.3 Å². The molecule has 0 saturated heterocycles. The first-order valence-corrected chi connectivity index (χ1v) is 8.70. The number of hydrogen-bond donors (Lipinski definition) is 1. The third-order valence-corrected chi connectivity index (χ3v) is 4.88. The van der Waals surface area contributed by atoms with Gasteiger partial charge in [0.15, 0.2) is 5.65 Å². The highest BCUT2D eigenvalue weighted by Crippen LogP contribution is 2.29. The molecule has 4 heterocycles. The van der Waals surface area contributed by atoms with Crippen molar-refractivity contribution in [1.82, 2.24) is 20.1 Å². The number of furan rings is 1. The van der Waals surface area contributed by atoms with E-state index in [9.17, 15) is 4.79 Å². The van der Waals surface area contributed by atoms with Gasteiger partial charge in [-0.1, -0.05) is 6.07 Å². The van der Waals surface area contributed by atoms with Gasteiger partial charge < -0.3 is 9.73 Å². The molecular weight excluding hydrogens is 336 g/mol. The zero-order chi connectivity index (χ0) is 17.4. The molecule has 1 amide bonds. The van der Waals surface area contributed by atoms with E-state index in [4.69, 9.17) is 9.40 Å². The summed E-state index contributed by atoms with van der Waals surface area (Å²) < 4.78 is 6.99. The average molecular weight is 352 g/mol. The molecule has 7 heteroatoms. The number of aryl methyl sites for hydroxylation is 2. The normalized spacial score (nSPS) is 11.1. The van der Waals surface area contributed by atoms with Crippen LogP contribution in [-0.2, 0) is 13.6 Å². The molecule has 25 heavy (non-hydrogen) atoms. The highest BCUT2D eigenvalue weighted by molar-refractivity contribution is 7.13. The van der Waals surface area contributed by atoms with Crippen LogP contribution in [0.5, 0.6) is 0 Å². The van der Waals surface area contributed by atoms with E-state index in [1.165, 1.54) is 0 Å². The second-order valence-electron chi connectivity index (χ2n) is 5.70. The Morgan fingerprint density at radius 1 is 1.36 bits per heavy atom. The van der Waals surface area contributed by atoms with Gasteiger partial charge in [-0.3, -0.25) is 9.48 Å². The molecule has 1 N–H and O–H groups in total. The van der Waals surface area contributed by atoms with Gasteiger partial charge in [0.1, 0.15) is 5.76 Å².